The summed E-state index contributed by atoms with van der Waals surface area (Å²) < 4.78 is 10.2. The molecule has 2 N–H and O–H groups in total. The highest BCUT2D eigenvalue weighted by atomic mass is 32.2. The van der Waals surface area contributed by atoms with Crippen LogP contribution in [0.25, 0.3) is 0 Å². The van der Waals surface area contributed by atoms with Gasteiger partial charge in [-0.1, -0.05) is 18.2 Å². The topological polar surface area (TPSA) is 93.7 Å². The van der Waals surface area contributed by atoms with Crippen LogP contribution in [0.1, 0.15) is 6.42 Å². The first kappa shape index (κ1) is 19.8. The van der Waals surface area contributed by atoms with E-state index in [4.69, 9.17) is 9.47 Å². The van der Waals surface area contributed by atoms with Gasteiger partial charge in [0.15, 0.2) is 13.2 Å². The molecule has 24 heavy (non-hydrogen) atoms. The first-order valence-corrected chi connectivity index (χ1v) is 8.79. The van der Waals surface area contributed by atoms with Crippen LogP contribution in [0.4, 0.5) is 0 Å². The van der Waals surface area contributed by atoms with Crippen LogP contribution in [0.5, 0.6) is 5.75 Å². The number of amides is 2. The number of esters is 1. The van der Waals surface area contributed by atoms with Crippen LogP contribution < -0.4 is 15.4 Å². The molecule has 0 bridgehead atoms. The molecule has 0 aliphatic heterocycles. The second kappa shape index (κ2) is 11.3. The van der Waals surface area contributed by atoms with Crippen LogP contribution in [-0.2, 0) is 19.1 Å². The Hall–Kier alpha value is -2.22. The van der Waals surface area contributed by atoms with Crippen molar-refractivity contribution in [3.63, 3.8) is 0 Å². The molecular weight excluding hydrogens is 332 g/mol. The lowest BCUT2D eigenvalue weighted by atomic mass is 10.2. The number of thioether (sulfide) groups is 1. The van der Waals surface area contributed by atoms with Crippen molar-refractivity contribution >= 4 is 29.5 Å². The highest BCUT2D eigenvalue weighted by Crippen LogP contribution is 2.08. The molecule has 0 aromatic heterocycles. The summed E-state index contributed by atoms with van der Waals surface area (Å²) >= 11 is 1.54. The number of rotatable bonds is 10. The molecule has 0 spiro atoms. The fraction of sp³-hybridized carbons (Fsp3) is 0.438. The quantitative estimate of drug-likeness (QED) is 0.598. The van der Waals surface area contributed by atoms with Gasteiger partial charge in [0.05, 0.1) is 0 Å². The fourth-order valence-corrected chi connectivity index (χ4v) is 2.17. The molecule has 0 aliphatic rings. The summed E-state index contributed by atoms with van der Waals surface area (Å²) in [6, 6.07) is 8.09. The maximum absolute atomic E-state index is 12.0. The third-order valence-electron chi connectivity index (χ3n) is 2.97. The Labute approximate surface area is 145 Å². The van der Waals surface area contributed by atoms with Gasteiger partial charge in [0, 0.05) is 7.05 Å². The molecule has 7 nitrogen and oxygen atoms in total. The summed E-state index contributed by atoms with van der Waals surface area (Å²) in [4.78, 5) is 35.1. The van der Waals surface area contributed by atoms with Crippen LogP contribution >= 0.6 is 11.8 Å². The van der Waals surface area contributed by atoms with Crippen molar-refractivity contribution in [2.75, 3.05) is 32.3 Å². The van der Waals surface area contributed by atoms with Gasteiger partial charge in [0.2, 0.25) is 0 Å². The predicted octanol–water partition coefficient (Wildman–Crippen LogP) is 0.593. The average Bonchev–Trinajstić information content (AvgIpc) is 2.61. The predicted molar refractivity (Wildman–Crippen MR) is 91.9 cm³/mol. The fourth-order valence-electron chi connectivity index (χ4n) is 1.70. The monoisotopic (exact) mass is 354 g/mol. The van der Waals surface area contributed by atoms with Crippen LogP contribution in [0.2, 0.25) is 0 Å². The average molecular weight is 354 g/mol. The standard InChI is InChI=1S/C16H22N2O5S/c1-17-14(19)10-23-16(21)13(8-9-24-2)18-15(20)11-22-12-6-4-3-5-7-12/h3-7,13H,8-11H2,1-2H3,(H,17,19)(H,18,20)/t13-/m0/s1. The molecule has 0 radical (unpaired) electrons. The van der Waals surface area contributed by atoms with Crippen molar-refractivity contribution < 1.29 is 23.9 Å². The summed E-state index contributed by atoms with van der Waals surface area (Å²) in [5.41, 5.74) is 0. The number of para-hydroxylation sites is 1. The highest BCUT2D eigenvalue weighted by Gasteiger charge is 2.22. The van der Waals surface area contributed by atoms with Crippen LogP contribution in [0.3, 0.4) is 0 Å². The Balaban J connectivity index is 2.49. The summed E-state index contributed by atoms with van der Waals surface area (Å²) in [5, 5.41) is 4.93. The van der Waals surface area contributed by atoms with Gasteiger partial charge >= 0.3 is 5.97 Å². The van der Waals surface area contributed by atoms with E-state index in [-0.39, 0.29) is 13.2 Å². The smallest absolute Gasteiger partial charge is 0.329 e. The summed E-state index contributed by atoms with van der Waals surface area (Å²) in [5.74, 6) is -0.247. The normalized spacial score (nSPS) is 11.2. The minimum Gasteiger partial charge on any atom is -0.484 e. The lowest BCUT2D eigenvalue weighted by Crippen LogP contribution is -2.45. The van der Waals surface area contributed by atoms with Crippen molar-refractivity contribution in [3.05, 3.63) is 30.3 Å². The van der Waals surface area contributed by atoms with Crippen molar-refractivity contribution in [1.29, 1.82) is 0 Å². The molecule has 1 aromatic carbocycles. The van der Waals surface area contributed by atoms with E-state index in [1.165, 1.54) is 7.05 Å². The molecule has 0 saturated carbocycles. The summed E-state index contributed by atoms with van der Waals surface area (Å²) in [6.45, 7) is -0.579. The lowest BCUT2D eigenvalue weighted by molar-refractivity contribution is -0.151. The first-order valence-electron chi connectivity index (χ1n) is 7.40. The maximum Gasteiger partial charge on any atom is 0.329 e. The molecule has 8 heteroatoms. The molecular formula is C16H22N2O5S. The van der Waals surface area contributed by atoms with Gasteiger partial charge in [0.25, 0.3) is 11.8 Å². The zero-order valence-electron chi connectivity index (χ0n) is 13.7. The molecule has 0 unspecified atom stereocenters. The molecule has 0 heterocycles. The van der Waals surface area contributed by atoms with Crippen LogP contribution in [0.15, 0.2) is 30.3 Å². The largest absolute Gasteiger partial charge is 0.484 e. The molecule has 1 aromatic rings. The minimum absolute atomic E-state index is 0.206. The maximum atomic E-state index is 12.0. The van der Waals surface area contributed by atoms with E-state index in [1.54, 1.807) is 36.0 Å². The second-order valence-electron chi connectivity index (χ2n) is 4.78. The number of carbonyl (C=O) groups is 3. The van der Waals surface area contributed by atoms with Gasteiger partial charge in [-0.05, 0) is 30.6 Å². The Morgan fingerprint density at radius 2 is 1.83 bits per heavy atom. The molecule has 2 amide bonds. The number of hydrogen-bond acceptors (Lipinski definition) is 6. The highest BCUT2D eigenvalue weighted by molar-refractivity contribution is 7.98. The number of ether oxygens (including phenoxy) is 2. The minimum atomic E-state index is -0.811. The number of likely N-dealkylation sites (N-methyl/N-ethyl adjacent to an activating group) is 1. The summed E-state index contributed by atoms with van der Waals surface area (Å²) in [7, 11) is 1.45. The Morgan fingerprint density at radius 1 is 1.12 bits per heavy atom. The van der Waals surface area contributed by atoms with E-state index < -0.39 is 23.8 Å². The molecule has 0 fully saturated rings. The SMILES string of the molecule is CNC(=O)COC(=O)[C@H](CCSC)NC(=O)COc1ccccc1. The van der Waals surface area contributed by atoms with Gasteiger partial charge in [-0.25, -0.2) is 4.79 Å². The van der Waals surface area contributed by atoms with Gasteiger partial charge in [-0.2, -0.15) is 11.8 Å². The third kappa shape index (κ3) is 7.87. The van der Waals surface area contributed by atoms with Gasteiger partial charge in [-0.3, -0.25) is 9.59 Å². The molecule has 0 saturated heterocycles. The van der Waals surface area contributed by atoms with Crippen LogP contribution in [-0.4, -0.2) is 56.1 Å². The number of carbonyl (C=O) groups excluding carboxylic acids is 3. The Kier molecular flexibility index (Phi) is 9.36. The van der Waals surface area contributed by atoms with E-state index in [0.29, 0.717) is 17.9 Å². The molecule has 0 aliphatic carbocycles. The number of benzene rings is 1. The third-order valence-corrected chi connectivity index (χ3v) is 3.61. The lowest BCUT2D eigenvalue weighted by Gasteiger charge is -2.17. The Morgan fingerprint density at radius 3 is 2.46 bits per heavy atom. The molecule has 1 atom stereocenters. The van der Waals surface area contributed by atoms with E-state index in [2.05, 4.69) is 10.6 Å². The van der Waals surface area contributed by atoms with Crippen molar-refractivity contribution in [2.45, 2.75) is 12.5 Å². The van der Waals surface area contributed by atoms with Crippen molar-refractivity contribution in [3.8, 4) is 5.75 Å². The zero-order chi connectivity index (χ0) is 17.8. The second-order valence-corrected chi connectivity index (χ2v) is 5.77. The summed E-state index contributed by atoms with van der Waals surface area (Å²) in [6.07, 6.45) is 2.30. The number of hydrogen-bond donors (Lipinski definition) is 2. The number of nitrogens with one attached hydrogen (secondary N) is 2. The zero-order valence-corrected chi connectivity index (χ0v) is 14.6. The van der Waals surface area contributed by atoms with Crippen molar-refractivity contribution in [2.24, 2.45) is 0 Å². The van der Waals surface area contributed by atoms with E-state index >= 15 is 0 Å². The van der Waals surface area contributed by atoms with Gasteiger partial charge in [-0.15, -0.1) is 0 Å². The van der Waals surface area contributed by atoms with Gasteiger partial charge in [0.1, 0.15) is 11.8 Å². The molecule has 1 rings (SSSR count). The first-order chi connectivity index (χ1) is 11.6. The van der Waals surface area contributed by atoms with E-state index in [1.807, 2.05) is 12.3 Å². The van der Waals surface area contributed by atoms with E-state index in [0.717, 1.165) is 0 Å². The van der Waals surface area contributed by atoms with Gasteiger partial charge < -0.3 is 20.1 Å². The Bertz CT molecular complexity index is 539. The van der Waals surface area contributed by atoms with Crippen LogP contribution in [0, 0.1) is 0 Å². The molecule has 132 valence electrons. The van der Waals surface area contributed by atoms with Crippen molar-refractivity contribution in [1.82, 2.24) is 10.6 Å². The van der Waals surface area contributed by atoms with E-state index in [9.17, 15) is 14.4 Å².